The first-order valence-corrected chi connectivity index (χ1v) is 10.7. The van der Waals surface area contributed by atoms with Crippen LogP contribution in [-0.4, -0.2) is 50.8 Å². The van der Waals surface area contributed by atoms with E-state index in [0.717, 1.165) is 50.2 Å². The number of hydrogen-bond acceptors (Lipinski definition) is 7. The maximum Gasteiger partial charge on any atom is 0.223 e. The molecule has 3 aromatic rings. The highest BCUT2D eigenvalue weighted by atomic mass is 19.1. The molecule has 5 rings (SSSR count). The molecule has 1 saturated heterocycles. The Morgan fingerprint density at radius 1 is 1.17 bits per heavy atom. The van der Waals surface area contributed by atoms with Gasteiger partial charge in [0.1, 0.15) is 22.8 Å². The zero-order valence-corrected chi connectivity index (χ0v) is 17.1. The molecule has 2 N–H and O–H groups in total. The fourth-order valence-corrected chi connectivity index (χ4v) is 4.49. The van der Waals surface area contributed by atoms with Crippen LogP contribution < -0.4 is 15.4 Å². The molecule has 9 heteroatoms. The van der Waals surface area contributed by atoms with Crippen LogP contribution in [0.2, 0.25) is 0 Å². The van der Waals surface area contributed by atoms with Gasteiger partial charge in [0.2, 0.25) is 5.95 Å². The van der Waals surface area contributed by atoms with Crippen LogP contribution in [0.3, 0.4) is 0 Å². The van der Waals surface area contributed by atoms with Gasteiger partial charge in [-0.1, -0.05) is 12.8 Å². The number of imidazole rings is 1. The minimum absolute atomic E-state index is 0.193. The van der Waals surface area contributed by atoms with Crippen LogP contribution in [0, 0.1) is 5.82 Å². The normalized spacial score (nSPS) is 20.0. The highest BCUT2D eigenvalue weighted by molar-refractivity contribution is 5.62. The number of methoxy groups -OCH3 is 1. The summed E-state index contributed by atoms with van der Waals surface area (Å²) in [4.78, 5) is 13.0. The largest absolute Gasteiger partial charge is 0.495 e. The second-order valence-electron chi connectivity index (χ2n) is 8.07. The Labute approximate surface area is 174 Å². The molecular formula is C21H26FN7O. The van der Waals surface area contributed by atoms with Gasteiger partial charge in [-0.05, 0) is 32.2 Å². The maximum absolute atomic E-state index is 14.7. The molecule has 158 valence electrons. The lowest BCUT2D eigenvalue weighted by Gasteiger charge is -2.23. The van der Waals surface area contributed by atoms with Crippen molar-refractivity contribution in [3.8, 4) is 17.1 Å². The van der Waals surface area contributed by atoms with Gasteiger partial charge in [0.25, 0.3) is 0 Å². The number of piperidine rings is 1. The summed E-state index contributed by atoms with van der Waals surface area (Å²) < 4.78 is 22.0. The van der Waals surface area contributed by atoms with Crippen molar-refractivity contribution >= 4 is 11.6 Å². The third-order valence-electron chi connectivity index (χ3n) is 6.06. The summed E-state index contributed by atoms with van der Waals surface area (Å²) in [6, 6.07) is 2.10. The summed E-state index contributed by atoms with van der Waals surface area (Å²) in [6.07, 6.45) is 9.50. The van der Waals surface area contributed by atoms with Crippen molar-refractivity contribution in [1.82, 2.24) is 29.9 Å². The molecule has 0 radical (unpaired) electrons. The molecule has 0 amide bonds. The number of nitrogens with one attached hydrogen (secondary N) is 2. The van der Waals surface area contributed by atoms with Crippen LogP contribution in [0.5, 0.6) is 5.75 Å². The van der Waals surface area contributed by atoms with Crippen LogP contribution in [-0.2, 0) is 0 Å². The molecule has 0 unspecified atom stereocenters. The molecule has 0 bridgehead atoms. The first-order valence-electron chi connectivity index (χ1n) is 10.7. The molecule has 1 aliphatic carbocycles. The fourth-order valence-electron chi connectivity index (χ4n) is 4.49. The lowest BCUT2D eigenvalue weighted by molar-refractivity contribution is 0.399. The smallest absolute Gasteiger partial charge is 0.223 e. The van der Waals surface area contributed by atoms with E-state index in [1.807, 2.05) is 6.07 Å². The lowest BCUT2D eigenvalue weighted by Crippen LogP contribution is -2.38. The standard InChI is InChI=1S/C21H26FN7O/c1-30-17-9-18-24-12-16(29(18)28-19(17)13-5-2-3-6-13)20-15(22)11-25-21(27-20)26-14-7-4-8-23-10-14/h9,11-14,23H,2-8,10H2,1H3,(H,25,26,27)/t14-/m1/s1. The molecule has 2 fully saturated rings. The highest BCUT2D eigenvalue weighted by Crippen LogP contribution is 2.38. The second kappa shape index (κ2) is 8.14. The number of ether oxygens (including phenoxy) is 1. The van der Waals surface area contributed by atoms with Gasteiger partial charge in [0.05, 0.1) is 19.5 Å². The summed E-state index contributed by atoms with van der Waals surface area (Å²) in [7, 11) is 1.65. The average Bonchev–Trinajstić information content (AvgIpc) is 3.44. The summed E-state index contributed by atoms with van der Waals surface area (Å²) in [5.74, 6) is 1.01. The molecular weight excluding hydrogens is 385 g/mol. The molecule has 8 nitrogen and oxygen atoms in total. The number of rotatable bonds is 5. The summed E-state index contributed by atoms with van der Waals surface area (Å²) in [5, 5.41) is 11.5. The maximum atomic E-state index is 14.7. The Bertz CT molecular complexity index is 1040. The lowest BCUT2D eigenvalue weighted by atomic mass is 10.0. The number of hydrogen-bond donors (Lipinski definition) is 2. The third kappa shape index (κ3) is 3.58. The van der Waals surface area contributed by atoms with E-state index in [-0.39, 0.29) is 11.7 Å². The first-order chi connectivity index (χ1) is 14.7. The number of anilines is 1. The quantitative estimate of drug-likeness (QED) is 0.667. The summed E-state index contributed by atoms with van der Waals surface area (Å²) in [5.41, 5.74) is 2.21. The van der Waals surface area contributed by atoms with Crippen LogP contribution in [0.15, 0.2) is 18.5 Å². The van der Waals surface area contributed by atoms with Crippen molar-refractivity contribution in [2.45, 2.75) is 50.5 Å². The van der Waals surface area contributed by atoms with E-state index in [9.17, 15) is 4.39 Å². The Kier molecular flexibility index (Phi) is 5.20. The predicted octanol–water partition coefficient (Wildman–Crippen LogP) is 3.16. The van der Waals surface area contributed by atoms with Crippen molar-refractivity contribution in [3.63, 3.8) is 0 Å². The fraction of sp³-hybridized carbons (Fsp3) is 0.524. The van der Waals surface area contributed by atoms with E-state index in [1.54, 1.807) is 17.8 Å². The van der Waals surface area contributed by atoms with Crippen molar-refractivity contribution in [3.05, 3.63) is 30.0 Å². The van der Waals surface area contributed by atoms with Crippen molar-refractivity contribution in [1.29, 1.82) is 0 Å². The topological polar surface area (TPSA) is 89.3 Å². The SMILES string of the molecule is COc1cc2ncc(-c3nc(N[C@@H]4CCCNC4)ncc3F)n2nc1C1CCCC1. The molecule has 2 aliphatic rings. The zero-order chi connectivity index (χ0) is 20.5. The van der Waals surface area contributed by atoms with E-state index < -0.39 is 5.82 Å². The van der Waals surface area contributed by atoms with Crippen LogP contribution in [0.1, 0.15) is 50.1 Å². The third-order valence-corrected chi connectivity index (χ3v) is 6.06. The van der Waals surface area contributed by atoms with Gasteiger partial charge in [-0.15, -0.1) is 0 Å². The summed E-state index contributed by atoms with van der Waals surface area (Å²) >= 11 is 0. The molecule has 3 aromatic heterocycles. The zero-order valence-electron chi connectivity index (χ0n) is 17.1. The van der Waals surface area contributed by atoms with Crippen molar-refractivity contribution in [2.75, 3.05) is 25.5 Å². The number of fused-ring (bicyclic) bond motifs is 1. The van der Waals surface area contributed by atoms with Crippen LogP contribution >= 0.6 is 0 Å². The molecule has 0 aromatic carbocycles. The number of nitrogens with zero attached hydrogens (tertiary/aromatic N) is 5. The monoisotopic (exact) mass is 411 g/mol. The molecule has 1 aliphatic heterocycles. The molecule has 30 heavy (non-hydrogen) atoms. The van der Waals surface area contributed by atoms with Gasteiger partial charge >= 0.3 is 0 Å². The molecule has 4 heterocycles. The highest BCUT2D eigenvalue weighted by Gasteiger charge is 2.25. The number of halogens is 1. The van der Waals surface area contributed by atoms with Crippen molar-refractivity contribution < 1.29 is 9.13 Å². The first kappa shape index (κ1) is 19.2. The van der Waals surface area contributed by atoms with Crippen LogP contribution in [0.4, 0.5) is 10.3 Å². The number of aromatic nitrogens is 5. The van der Waals surface area contributed by atoms with Gasteiger partial charge in [-0.3, -0.25) is 0 Å². The van der Waals surface area contributed by atoms with E-state index in [1.165, 1.54) is 19.0 Å². The Hall–Kier alpha value is -2.81. The van der Waals surface area contributed by atoms with Gasteiger partial charge in [-0.2, -0.15) is 5.10 Å². The molecule has 0 spiro atoms. The van der Waals surface area contributed by atoms with E-state index in [0.29, 0.717) is 23.2 Å². The Balaban J connectivity index is 1.53. The van der Waals surface area contributed by atoms with Crippen LogP contribution in [0.25, 0.3) is 17.0 Å². The van der Waals surface area contributed by atoms with Gasteiger partial charge in [0, 0.05) is 24.6 Å². The van der Waals surface area contributed by atoms with E-state index >= 15 is 0 Å². The average molecular weight is 411 g/mol. The second-order valence-corrected chi connectivity index (χ2v) is 8.07. The van der Waals surface area contributed by atoms with E-state index in [2.05, 4.69) is 25.6 Å². The van der Waals surface area contributed by atoms with Gasteiger partial charge in [-0.25, -0.2) is 23.9 Å². The van der Waals surface area contributed by atoms with Crippen molar-refractivity contribution in [2.24, 2.45) is 0 Å². The minimum atomic E-state index is -0.496. The van der Waals surface area contributed by atoms with E-state index in [4.69, 9.17) is 9.84 Å². The predicted molar refractivity (Wildman–Crippen MR) is 111 cm³/mol. The molecule has 1 saturated carbocycles. The minimum Gasteiger partial charge on any atom is -0.495 e. The Morgan fingerprint density at radius 2 is 2.03 bits per heavy atom. The van der Waals surface area contributed by atoms with Gasteiger partial charge in [0.15, 0.2) is 11.5 Å². The Morgan fingerprint density at radius 3 is 2.80 bits per heavy atom. The molecule has 1 atom stereocenters. The summed E-state index contributed by atoms with van der Waals surface area (Å²) in [6.45, 7) is 1.87. The van der Waals surface area contributed by atoms with Gasteiger partial charge < -0.3 is 15.4 Å².